The Bertz CT molecular complexity index is 668. The second-order valence-electron chi connectivity index (χ2n) is 8.04. The Morgan fingerprint density at radius 3 is 2.55 bits per heavy atom. The Kier molecular flexibility index (Phi) is 8.35. The number of aliphatic imine (C=N–C) groups is 1. The molecule has 160 valence electrons. The molecule has 2 N–H and O–H groups in total. The summed E-state index contributed by atoms with van der Waals surface area (Å²) in [5, 5.41) is 6.86. The first-order valence-corrected chi connectivity index (χ1v) is 11.2. The van der Waals surface area contributed by atoms with E-state index >= 15 is 0 Å². The molecule has 2 fully saturated rings. The van der Waals surface area contributed by atoms with E-state index in [1.54, 1.807) is 0 Å². The molecule has 1 aliphatic carbocycles. The smallest absolute Gasteiger partial charge is 0.225 e. The highest BCUT2D eigenvalue weighted by molar-refractivity contribution is 5.81. The lowest BCUT2D eigenvalue weighted by atomic mass is 10.1. The van der Waals surface area contributed by atoms with Crippen molar-refractivity contribution < 1.29 is 9.53 Å². The molecule has 0 bridgehead atoms. The molecule has 6 heteroatoms. The monoisotopic (exact) mass is 400 g/mol. The van der Waals surface area contributed by atoms with Gasteiger partial charge in [0.1, 0.15) is 0 Å². The highest BCUT2D eigenvalue weighted by atomic mass is 16.5. The fraction of sp³-hybridized carbons (Fsp3) is 0.652. The van der Waals surface area contributed by atoms with E-state index in [0.717, 1.165) is 51.5 Å². The lowest BCUT2D eigenvalue weighted by Gasteiger charge is -2.21. The maximum Gasteiger partial charge on any atom is 0.225 e. The van der Waals surface area contributed by atoms with Gasteiger partial charge < -0.3 is 20.3 Å². The van der Waals surface area contributed by atoms with Gasteiger partial charge in [-0.1, -0.05) is 37.1 Å². The van der Waals surface area contributed by atoms with Crippen molar-refractivity contribution in [1.29, 1.82) is 0 Å². The van der Waals surface area contributed by atoms with Crippen LogP contribution in [0, 0.1) is 5.92 Å². The average Bonchev–Trinajstić information content (AvgIpc) is 3.43. The number of guanidine groups is 1. The van der Waals surface area contributed by atoms with Crippen LogP contribution in [0.3, 0.4) is 0 Å². The molecule has 1 unspecified atom stereocenters. The van der Waals surface area contributed by atoms with Crippen LogP contribution in [0.25, 0.3) is 0 Å². The zero-order chi connectivity index (χ0) is 20.5. The molecule has 1 aromatic rings. The molecule has 3 rings (SSSR count). The van der Waals surface area contributed by atoms with Gasteiger partial charge in [-0.05, 0) is 44.2 Å². The molecule has 0 spiro atoms. The largest absolute Gasteiger partial charge is 0.377 e. The minimum absolute atomic E-state index is 0.265. The first-order chi connectivity index (χ1) is 14.2. The molecule has 1 aromatic carbocycles. The third-order valence-corrected chi connectivity index (χ3v) is 5.80. The van der Waals surface area contributed by atoms with E-state index in [1.807, 2.05) is 11.8 Å². The van der Waals surface area contributed by atoms with Crippen molar-refractivity contribution in [3.63, 3.8) is 0 Å². The third-order valence-electron chi connectivity index (χ3n) is 5.80. The van der Waals surface area contributed by atoms with Crippen LogP contribution in [0.4, 0.5) is 0 Å². The predicted octanol–water partition coefficient (Wildman–Crippen LogP) is 3.07. The number of ether oxygens (including phenoxy) is 1. The molecule has 0 aromatic heterocycles. The number of benzene rings is 1. The zero-order valence-electron chi connectivity index (χ0n) is 18.0. The maximum absolute atomic E-state index is 12.7. The third kappa shape index (κ3) is 6.46. The number of carbonyl (C=O) groups is 1. The molecule has 1 saturated heterocycles. The SMILES string of the molecule is CCNC(=NCc1ccc(COCC)cc1)NC1CCN(C(=O)C2CCCC2)C1. The van der Waals surface area contributed by atoms with Gasteiger partial charge in [0.25, 0.3) is 0 Å². The summed E-state index contributed by atoms with van der Waals surface area (Å²) in [5.41, 5.74) is 2.36. The lowest BCUT2D eigenvalue weighted by molar-refractivity contribution is -0.134. The molecule has 1 heterocycles. The Labute approximate surface area is 175 Å². The van der Waals surface area contributed by atoms with Gasteiger partial charge in [-0.15, -0.1) is 0 Å². The molecule has 6 nitrogen and oxygen atoms in total. The van der Waals surface area contributed by atoms with Gasteiger partial charge in [-0.25, -0.2) is 4.99 Å². The Hall–Kier alpha value is -2.08. The van der Waals surface area contributed by atoms with Crippen molar-refractivity contribution in [3.05, 3.63) is 35.4 Å². The summed E-state index contributed by atoms with van der Waals surface area (Å²) in [4.78, 5) is 19.4. The topological polar surface area (TPSA) is 66.0 Å². The molecule has 1 amide bonds. The van der Waals surface area contributed by atoms with E-state index in [0.29, 0.717) is 19.1 Å². The molecule has 1 saturated carbocycles. The summed E-state index contributed by atoms with van der Waals surface area (Å²) in [6.07, 6.45) is 5.53. The Balaban J connectivity index is 1.51. The molecule has 1 aliphatic heterocycles. The number of nitrogens with zero attached hydrogens (tertiary/aromatic N) is 2. The molecule has 29 heavy (non-hydrogen) atoms. The van der Waals surface area contributed by atoms with E-state index in [1.165, 1.54) is 24.0 Å². The second kappa shape index (κ2) is 11.2. The summed E-state index contributed by atoms with van der Waals surface area (Å²) >= 11 is 0. The van der Waals surface area contributed by atoms with Gasteiger partial charge in [-0.2, -0.15) is 0 Å². The first-order valence-electron chi connectivity index (χ1n) is 11.2. The quantitative estimate of drug-likeness (QED) is 0.520. The van der Waals surface area contributed by atoms with Crippen LogP contribution < -0.4 is 10.6 Å². The van der Waals surface area contributed by atoms with Crippen LogP contribution in [0.2, 0.25) is 0 Å². The number of rotatable bonds is 8. The van der Waals surface area contributed by atoms with Gasteiger partial charge in [-0.3, -0.25) is 4.79 Å². The van der Waals surface area contributed by atoms with E-state index in [-0.39, 0.29) is 12.0 Å². The molecule has 2 aliphatic rings. The van der Waals surface area contributed by atoms with Crippen LogP contribution in [-0.4, -0.2) is 49.0 Å². The summed E-state index contributed by atoms with van der Waals surface area (Å²) in [6.45, 7) is 8.55. The summed E-state index contributed by atoms with van der Waals surface area (Å²) in [5.74, 6) is 1.45. The van der Waals surface area contributed by atoms with Gasteiger partial charge in [0.05, 0.1) is 13.2 Å². The van der Waals surface area contributed by atoms with Crippen molar-refractivity contribution in [1.82, 2.24) is 15.5 Å². The van der Waals surface area contributed by atoms with E-state index in [9.17, 15) is 4.79 Å². The van der Waals surface area contributed by atoms with Crippen molar-refractivity contribution in [3.8, 4) is 0 Å². The molecule has 1 atom stereocenters. The fourth-order valence-corrected chi connectivity index (χ4v) is 4.15. The lowest BCUT2D eigenvalue weighted by Crippen LogP contribution is -2.45. The molecule has 0 radical (unpaired) electrons. The normalized spacial score (nSPS) is 20.3. The minimum Gasteiger partial charge on any atom is -0.377 e. The highest BCUT2D eigenvalue weighted by Gasteiger charge is 2.32. The number of hydrogen-bond acceptors (Lipinski definition) is 3. The van der Waals surface area contributed by atoms with Crippen LogP contribution in [-0.2, 0) is 22.7 Å². The summed E-state index contributed by atoms with van der Waals surface area (Å²) in [7, 11) is 0. The summed E-state index contributed by atoms with van der Waals surface area (Å²) in [6, 6.07) is 8.69. The number of nitrogens with one attached hydrogen (secondary N) is 2. The zero-order valence-corrected chi connectivity index (χ0v) is 18.0. The molecular formula is C23H36N4O2. The minimum atomic E-state index is 0.265. The van der Waals surface area contributed by atoms with Crippen molar-refractivity contribution in [2.75, 3.05) is 26.2 Å². The van der Waals surface area contributed by atoms with Crippen LogP contribution in [0.15, 0.2) is 29.3 Å². The van der Waals surface area contributed by atoms with Gasteiger partial charge in [0, 0.05) is 38.2 Å². The Morgan fingerprint density at radius 1 is 1.14 bits per heavy atom. The Morgan fingerprint density at radius 2 is 1.86 bits per heavy atom. The predicted molar refractivity (Wildman–Crippen MR) is 117 cm³/mol. The van der Waals surface area contributed by atoms with Crippen LogP contribution in [0.1, 0.15) is 57.1 Å². The van der Waals surface area contributed by atoms with Crippen molar-refractivity contribution >= 4 is 11.9 Å². The number of likely N-dealkylation sites (tertiary alicyclic amines) is 1. The fourth-order valence-electron chi connectivity index (χ4n) is 4.15. The molecular weight excluding hydrogens is 364 g/mol. The van der Waals surface area contributed by atoms with E-state index in [4.69, 9.17) is 9.73 Å². The summed E-state index contributed by atoms with van der Waals surface area (Å²) < 4.78 is 5.45. The van der Waals surface area contributed by atoms with Gasteiger partial charge in [0.15, 0.2) is 5.96 Å². The standard InChI is InChI=1S/C23H36N4O2/c1-3-24-23(25-15-18-9-11-19(12-10-18)17-29-4-2)26-21-13-14-27(16-21)22(28)20-7-5-6-8-20/h9-12,20-21H,3-8,13-17H2,1-2H3,(H2,24,25,26). The number of amides is 1. The van der Waals surface area contributed by atoms with E-state index < -0.39 is 0 Å². The van der Waals surface area contributed by atoms with Gasteiger partial charge >= 0.3 is 0 Å². The first kappa shape index (κ1) is 21.6. The van der Waals surface area contributed by atoms with Gasteiger partial charge in [0.2, 0.25) is 5.91 Å². The van der Waals surface area contributed by atoms with Crippen molar-refractivity contribution in [2.45, 2.75) is 65.1 Å². The number of hydrogen-bond donors (Lipinski definition) is 2. The van der Waals surface area contributed by atoms with Crippen molar-refractivity contribution in [2.24, 2.45) is 10.9 Å². The average molecular weight is 401 g/mol. The maximum atomic E-state index is 12.7. The second-order valence-corrected chi connectivity index (χ2v) is 8.04. The van der Waals surface area contributed by atoms with Crippen LogP contribution in [0.5, 0.6) is 0 Å². The van der Waals surface area contributed by atoms with E-state index in [2.05, 4.69) is 41.8 Å². The number of carbonyl (C=O) groups excluding carboxylic acids is 1. The van der Waals surface area contributed by atoms with Crippen LogP contribution >= 0.6 is 0 Å². The highest BCUT2D eigenvalue weighted by Crippen LogP contribution is 2.27.